The molecule has 162 valence electrons. The van der Waals surface area contributed by atoms with Gasteiger partial charge in [-0.15, -0.1) is 0 Å². The second-order valence-electron chi connectivity index (χ2n) is 7.46. The number of ether oxygens (including phenoxy) is 1. The maximum atomic E-state index is 13.9. The number of halogens is 5. The fourth-order valence-corrected chi connectivity index (χ4v) is 2.82. The number of rotatable bonds is 5. The number of carbonyl (C=O) groups is 1. The minimum atomic E-state index is -4.83. The predicted octanol–water partition coefficient (Wildman–Crippen LogP) is 6.43. The van der Waals surface area contributed by atoms with Crippen molar-refractivity contribution < 1.29 is 22.7 Å². The Morgan fingerprint density at radius 2 is 1.67 bits per heavy atom. The number of nitrogens with zero attached hydrogens (tertiary/aromatic N) is 2. The molecule has 0 aliphatic heterocycles. The van der Waals surface area contributed by atoms with Crippen LogP contribution in [0.3, 0.4) is 0 Å². The van der Waals surface area contributed by atoms with E-state index in [4.69, 9.17) is 27.9 Å². The highest BCUT2D eigenvalue weighted by atomic mass is 35.5. The molecule has 0 bridgehead atoms. The maximum absolute atomic E-state index is 13.9. The van der Waals surface area contributed by atoms with Crippen LogP contribution in [0.25, 0.3) is 0 Å². The summed E-state index contributed by atoms with van der Waals surface area (Å²) in [5.74, 6) is -2.04. The summed E-state index contributed by atoms with van der Waals surface area (Å²) in [6.07, 6.45) is -4.83. The van der Waals surface area contributed by atoms with Crippen molar-refractivity contribution in [2.75, 3.05) is 6.54 Å². The summed E-state index contributed by atoms with van der Waals surface area (Å²) in [4.78, 5) is 16.9. The number of amidine groups is 1. The van der Waals surface area contributed by atoms with E-state index >= 15 is 0 Å². The number of esters is 1. The SMILES string of the molecule is CC(C)(C)OC(=O)CN(Cc1ccccc1)C(=Nc1ccc(Cl)c(Cl)c1)C(F)(F)F. The highest BCUT2D eigenvalue weighted by Crippen LogP contribution is 2.30. The van der Waals surface area contributed by atoms with Crippen LogP contribution in [0, 0.1) is 0 Å². The highest BCUT2D eigenvalue weighted by molar-refractivity contribution is 6.42. The number of aliphatic imine (C=N–C) groups is 1. The van der Waals surface area contributed by atoms with E-state index in [1.807, 2.05) is 0 Å². The molecule has 0 atom stereocenters. The Kier molecular flexibility index (Phi) is 7.77. The van der Waals surface area contributed by atoms with E-state index in [1.54, 1.807) is 51.1 Å². The van der Waals surface area contributed by atoms with E-state index in [9.17, 15) is 18.0 Å². The summed E-state index contributed by atoms with van der Waals surface area (Å²) >= 11 is 11.7. The molecule has 0 saturated carbocycles. The highest BCUT2D eigenvalue weighted by Gasteiger charge is 2.41. The number of hydrogen-bond donors (Lipinski definition) is 0. The normalized spacial score (nSPS) is 12.6. The van der Waals surface area contributed by atoms with E-state index in [0.29, 0.717) is 5.56 Å². The van der Waals surface area contributed by atoms with Crippen LogP contribution < -0.4 is 0 Å². The lowest BCUT2D eigenvalue weighted by Gasteiger charge is -2.28. The van der Waals surface area contributed by atoms with Gasteiger partial charge in [0.25, 0.3) is 0 Å². The van der Waals surface area contributed by atoms with Crippen molar-refractivity contribution in [2.24, 2.45) is 4.99 Å². The Labute approximate surface area is 183 Å². The molecule has 0 aliphatic rings. The maximum Gasteiger partial charge on any atom is 0.449 e. The molecule has 0 amide bonds. The van der Waals surface area contributed by atoms with E-state index in [2.05, 4.69) is 4.99 Å². The minimum Gasteiger partial charge on any atom is -0.459 e. The molecular weight excluding hydrogens is 440 g/mol. The third-order valence-corrected chi connectivity index (χ3v) is 4.39. The van der Waals surface area contributed by atoms with Crippen molar-refractivity contribution in [2.45, 2.75) is 39.1 Å². The molecule has 0 saturated heterocycles. The molecule has 0 heterocycles. The first kappa shape index (κ1) is 24.0. The van der Waals surface area contributed by atoms with Gasteiger partial charge in [0.15, 0.2) is 0 Å². The second-order valence-corrected chi connectivity index (χ2v) is 8.27. The molecule has 30 heavy (non-hydrogen) atoms. The summed E-state index contributed by atoms with van der Waals surface area (Å²) < 4.78 is 47.0. The zero-order valence-corrected chi connectivity index (χ0v) is 18.1. The van der Waals surface area contributed by atoms with Crippen molar-refractivity contribution in [3.63, 3.8) is 0 Å². The summed E-state index contributed by atoms with van der Waals surface area (Å²) in [5, 5.41) is 0.264. The molecule has 0 N–H and O–H groups in total. The lowest BCUT2D eigenvalue weighted by atomic mass is 10.2. The average Bonchev–Trinajstić information content (AvgIpc) is 2.60. The topological polar surface area (TPSA) is 41.9 Å². The Morgan fingerprint density at radius 1 is 1.03 bits per heavy atom. The van der Waals surface area contributed by atoms with Gasteiger partial charge in [0.1, 0.15) is 12.1 Å². The number of benzene rings is 2. The third-order valence-electron chi connectivity index (χ3n) is 3.65. The minimum absolute atomic E-state index is 0.0426. The summed E-state index contributed by atoms with van der Waals surface area (Å²) in [6.45, 7) is 4.09. The number of carbonyl (C=O) groups excluding carboxylic acids is 1. The molecule has 0 aromatic heterocycles. The van der Waals surface area contributed by atoms with Gasteiger partial charge in [0, 0.05) is 6.54 Å². The van der Waals surface area contributed by atoms with Gasteiger partial charge in [-0.05, 0) is 44.5 Å². The molecule has 0 spiro atoms. The molecule has 9 heteroatoms. The standard InChI is InChI=1S/C21H21Cl2F3N2O2/c1-20(2,3)30-18(29)13-28(12-14-7-5-4-6-8-14)19(21(24,25)26)27-15-9-10-16(22)17(23)11-15/h4-11H,12-13H2,1-3H3. The van der Waals surface area contributed by atoms with Gasteiger partial charge in [0.2, 0.25) is 5.84 Å². The lowest BCUT2D eigenvalue weighted by molar-refractivity contribution is -0.155. The quantitative estimate of drug-likeness (QED) is 0.293. The van der Waals surface area contributed by atoms with Crippen LogP contribution in [0.2, 0.25) is 10.0 Å². The van der Waals surface area contributed by atoms with E-state index in [-0.39, 0.29) is 22.3 Å². The first-order valence-corrected chi connectivity index (χ1v) is 9.72. The molecule has 4 nitrogen and oxygen atoms in total. The monoisotopic (exact) mass is 460 g/mol. The largest absolute Gasteiger partial charge is 0.459 e. The van der Waals surface area contributed by atoms with Gasteiger partial charge < -0.3 is 9.64 Å². The second kappa shape index (κ2) is 9.71. The Balaban J connectivity index is 2.46. The Bertz CT molecular complexity index is 911. The number of alkyl halides is 3. The van der Waals surface area contributed by atoms with Crippen LogP contribution >= 0.6 is 23.2 Å². The first-order valence-electron chi connectivity index (χ1n) is 8.97. The average molecular weight is 461 g/mol. The summed E-state index contributed by atoms with van der Waals surface area (Å²) in [5.41, 5.74) is -0.305. The molecule has 0 fully saturated rings. The van der Waals surface area contributed by atoms with Crippen molar-refractivity contribution in [1.82, 2.24) is 4.90 Å². The molecule has 2 aromatic rings. The molecule has 0 unspecified atom stereocenters. The van der Waals surface area contributed by atoms with Crippen molar-refractivity contribution in [1.29, 1.82) is 0 Å². The Hall–Kier alpha value is -2.25. The van der Waals surface area contributed by atoms with Gasteiger partial charge in [-0.25, -0.2) is 4.99 Å². The van der Waals surface area contributed by atoms with Gasteiger partial charge in [-0.1, -0.05) is 53.5 Å². The van der Waals surface area contributed by atoms with E-state index in [1.165, 1.54) is 18.2 Å². The zero-order valence-electron chi connectivity index (χ0n) is 16.6. The van der Waals surface area contributed by atoms with Crippen molar-refractivity contribution in [3.05, 3.63) is 64.1 Å². The van der Waals surface area contributed by atoms with Crippen molar-refractivity contribution in [3.8, 4) is 0 Å². The Morgan fingerprint density at radius 3 is 2.20 bits per heavy atom. The smallest absolute Gasteiger partial charge is 0.449 e. The van der Waals surface area contributed by atoms with Gasteiger partial charge in [0.05, 0.1) is 15.7 Å². The zero-order chi connectivity index (χ0) is 22.5. The molecular formula is C21H21Cl2F3N2O2. The van der Waals surface area contributed by atoms with Crippen LogP contribution in [-0.4, -0.2) is 35.0 Å². The van der Waals surface area contributed by atoms with Gasteiger partial charge in [-0.3, -0.25) is 4.79 Å². The molecule has 2 rings (SSSR count). The summed E-state index contributed by atoms with van der Waals surface area (Å²) in [6, 6.07) is 12.4. The van der Waals surface area contributed by atoms with Crippen LogP contribution in [0.1, 0.15) is 26.3 Å². The third kappa shape index (κ3) is 7.54. The van der Waals surface area contributed by atoms with Crippen LogP contribution in [0.4, 0.5) is 18.9 Å². The fourth-order valence-electron chi connectivity index (χ4n) is 2.53. The lowest BCUT2D eigenvalue weighted by Crippen LogP contribution is -2.44. The first-order chi connectivity index (χ1) is 13.8. The summed E-state index contributed by atoms with van der Waals surface area (Å²) in [7, 11) is 0. The molecule has 2 aromatic carbocycles. The van der Waals surface area contributed by atoms with Crippen molar-refractivity contribution >= 4 is 40.7 Å². The van der Waals surface area contributed by atoms with Gasteiger partial charge >= 0.3 is 12.1 Å². The molecule has 0 aliphatic carbocycles. The number of hydrogen-bond acceptors (Lipinski definition) is 3. The predicted molar refractivity (Wildman–Crippen MR) is 112 cm³/mol. The van der Waals surface area contributed by atoms with Gasteiger partial charge in [-0.2, -0.15) is 13.2 Å². The van der Waals surface area contributed by atoms with Crippen LogP contribution in [0.5, 0.6) is 0 Å². The van der Waals surface area contributed by atoms with Crippen LogP contribution in [-0.2, 0) is 16.1 Å². The fraction of sp³-hybridized carbons (Fsp3) is 0.333. The van der Waals surface area contributed by atoms with Crippen LogP contribution in [0.15, 0.2) is 53.5 Å². The molecule has 0 radical (unpaired) electrons. The van der Waals surface area contributed by atoms with E-state index in [0.717, 1.165) is 4.90 Å². The van der Waals surface area contributed by atoms with E-state index < -0.39 is 30.1 Å².